The Morgan fingerprint density at radius 1 is 1.29 bits per heavy atom. The highest BCUT2D eigenvalue weighted by Crippen LogP contribution is 2.30. The lowest BCUT2D eigenvalue weighted by Crippen LogP contribution is -2.41. The zero-order valence-corrected chi connectivity index (χ0v) is 13.9. The number of halogens is 1. The van der Waals surface area contributed by atoms with Crippen molar-refractivity contribution in [3.05, 3.63) is 28.8 Å². The fourth-order valence-electron chi connectivity index (χ4n) is 3.23. The molecule has 4 heteroatoms. The van der Waals surface area contributed by atoms with Gasteiger partial charge in [0.2, 0.25) is 0 Å². The summed E-state index contributed by atoms with van der Waals surface area (Å²) in [4.78, 5) is 2.55. The zero-order valence-electron chi connectivity index (χ0n) is 13.1. The standard InChI is InChI=1S/C17H27ClN2O/c1-3-11-20(14-9-7-13(19)8-10-14)12-15-16(18)5-4-6-17(15)21-2/h4-6,13-14H,3,7-12,19H2,1-2H3. The van der Waals surface area contributed by atoms with Crippen LogP contribution in [-0.2, 0) is 6.54 Å². The molecule has 1 fully saturated rings. The van der Waals surface area contributed by atoms with E-state index in [1.165, 1.54) is 12.8 Å². The van der Waals surface area contributed by atoms with E-state index in [2.05, 4.69) is 11.8 Å². The van der Waals surface area contributed by atoms with Crippen LogP contribution in [0.5, 0.6) is 5.75 Å². The predicted octanol–water partition coefficient (Wildman–Crippen LogP) is 3.83. The van der Waals surface area contributed by atoms with Crippen molar-refractivity contribution in [2.75, 3.05) is 13.7 Å². The SMILES string of the molecule is CCCN(Cc1c(Cl)cccc1OC)C1CCC(N)CC1. The fourth-order valence-corrected chi connectivity index (χ4v) is 3.46. The van der Waals surface area contributed by atoms with Crippen molar-refractivity contribution in [3.8, 4) is 5.75 Å². The third-order valence-electron chi connectivity index (χ3n) is 4.43. The summed E-state index contributed by atoms with van der Waals surface area (Å²) >= 11 is 6.39. The molecule has 0 atom stereocenters. The quantitative estimate of drug-likeness (QED) is 0.868. The van der Waals surface area contributed by atoms with Crippen molar-refractivity contribution in [1.82, 2.24) is 4.90 Å². The maximum absolute atomic E-state index is 6.39. The molecule has 1 saturated carbocycles. The molecule has 0 heterocycles. The first-order chi connectivity index (χ1) is 10.2. The first-order valence-corrected chi connectivity index (χ1v) is 8.34. The van der Waals surface area contributed by atoms with Crippen LogP contribution in [0.4, 0.5) is 0 Å². The topological polar surface area (TPSA) is 38.5 Å². The van der Waals surface area contributed by atoms with E-state index in [-0.39, 0.29) is 0 Å². The summed E-state index contributed by atoms with van der Waals surface area (Å²) in [5, 5.41) is 0.794. The number of benzene rings is 1. The number of ether oxygens (including phenoxy) is 1. The van der Waals surface area contributed by atoms with Gasteiger partial charge in [-0.1, -0.05) is 24.6 Å². The van der Waals surface area contributed by atoms with E-state index in [1.54, 1.807) is 7.11 Å². The van der Waals surface area contributed by atoms with E-state index in [9.17, 15) is 0 Å². The molecule has 0 aromatic heterocycles. The van der Waals surface area contributed by atoms with Crippen molar-refractivity contribution in [1.29, 1.82) is 0 Å². The number of hydrogen-bond donors (Lipinski definition) is 1. The first kappa shape index (κ1) is 16.6. The normalized spacial score (nSPS) is 22.5. The van der Waals surface area contributed by atoms with E-state index >= 15 is 0 Å². The number of nitrogens with two attached hydrogens (primary N) is 1. The van der Waals surface area contributed by atoms with Crippen LogP contribution in [0.25, 0.3) is 0 Å². The molecule has 2 rings (SSSR count). The van der Waals surface area contributed by atoms with E-state index in [0.717, 1.165) is 48.7 Å². The van der Waals surface area contributed by atoms with Gasteiger partial charge in [0, 0.05) is 29.2 Å². The van der Waals surface area contributed by atoms with Crippen LogP contribution < -0.4 is 10.5 Å². The average molecular weight is 311 g/mol. The number of rotatable bonds is 6. The highest BCUT2D eigenvalue weighted by atomic mass is 35.5. The molecule has 1 aliphatic rings. The summed E-state index contributed by atoms with van der Waals surface area (Å²) in [6.45, 7) is 4.18. The van der Waals surface area contributed by atoms with Gasteiger partial charge in [0.25, 0.3) is 0 Å². The van der Waals surface area contributed by atoms with Gasteiger partial charge in [-0.2, -0.15) is 0 Å². The molecule has 118 valence electrons. The predicted molar refractivity (Wildman–Crippen MR) is 88.9 cm³/mol. The molecule has 0 spiro atoms. The zero-order chi connectivity index (χ0) is 15.2. The maximum atomic E-state index is 6.39. The molecule has 0 amide bonds. The van der Waals surface area contributed by atoms with Gasteiger partial charge in [0.05, 0.1) is 7.11 Å². The van der Waals surface area contributed by atoms with Crippen LogP contribution >= 0.6 is 11.6 Å². The van der Waals surface area contributed by atoms with Crippen LogP contribution in [0, 0.1) is 0 Å². The van der Waals surface area contributed by atoms with Gasteiger partial charge in [0.15, 0.2) is 0 Å². The minimum absolute atomic E-state index is 0.388. The Labute approximate surface area is 133 Å². The summed E-state index contributed by atoms with van der Waals surface area (Å²) in [6, 6.07) is 6.88. The highest BCUT2D eigenvalue weighted by Gasteiger charge is 2.25. The van der Waals surface area contributed by atoms with Crippen LogP contribution in [0.3, 0.4) is 0 Å². The second-order valence-electron chi connectivity index (χ2n) is 5.96. The molecule has 0 unspecified atom stereocenters. The Morgan fingerprint density at radius 3 is 2.62 bits per heavy atom. The summed E-state index contributed by atoms with van der Waals surface area (Å²) in [6.07, 6.45) is 5.78. The van der Waals surface area contributed by atoms with Gasteiger partial charge >= 0.3 is 0 Å². The monoisotopic (exact) mass is 310 g/mol. The molecule has 21 heavy (non-hydrogen) atoms. The Morgan fingerprint density at radius 2 is 2.00 bits per heavy atom. The van der Waals surface area contributed by atoms with Crippen LogP contribution in [0.2, 0.25) is 5.02 Å². The average Bonchev–Trinajstić information content (AvgIpc) is 2.49. The lowest BCUT2D eigenvalue weighted by atomic mass is 9.90. The smallest absolute Gasteiger partial charge is 0.124 e. The molecule has 1 aromatic rings. The van der Waals surface area contributed by atoms with Crippen molar-refractivity contribution in [3.63, 3.8) is 0 Å². The van der Waals surface area contributed by atoms with E-state index in [0.29, 0.717) is 12.1 Å². The molecule has 1 aliphatic carbocycles. The summed E-state index contributed by atoms with van der Waals surface area (Å²) < 4.78 is 5.48. The number of hydrogen-bond acceptors (Lipinski definition) is 3. The van der Waals surface area contributed by atoms with Gasteiger partial charge < -0.3 is 10.5 Å². The minimum atomic E-state index is 0.388. The Hall–Kier alpha value is -0.770. The van der Waals surface area contributed by atoms with E-state index < -0.39 is 0 Å². The summed E-state index contributed by atoms with van der Waals surface area (Å²) in [5.74, 6) is 0.885. The Bertz CT molecular complexity index is 444. The summed E-state index contributed by atoms with van der Waals surface area (Å²) in [5.41, 5.74) is 7.14. The molecular weight excluding hydrogens is 284 g/mol. The van der Waals surface area contributed by atoms with Crippen molar-refractivity contribution in [2.45, 2.75) is 57.7 Å². The van der Waals surface area contributed by atoms with Gasteiger partial charge in [-0.3, -0.25) is 4.90 Å². The van der Waals surface area contributed by atoms with Crippen LogP contribution in [0.1, 0.15) is 44.6 Å². The Balaban J connectivity index is 2.12. The van der Waals surface area contributed by atoms with Crippen molar-refractivity contribution < 1.29 is 4.74 Å². The van der Waals surface area contributed by atoms with Crippen molar-refractivity contribution >= 4 is 11.6 Å². The second kappa shape index (κ2) is 8.02. The van der Waals surface area contributed by atoms with Gasteiger partial charge in [0.1, 0.15) is 5.75 Å². The molecule has 1 aromatic carbocycles. The largest absolute Gasteiger partial charge is 0.496 e. The first-order valence-electron chi connectivity index (χ1n) is 7.96. The third-order valence-corrected chi connectivity index (χ3v) is 4.78. The molecule has 0 saturated heterocycles. The second-order valence-corrected chi connectivity index (χ2v) is 6.37. The summed E-state index contributed by atoms with van der Waals surface area (Å²) in [7, 11) is 1.71. The van der Waals surface area contributed by atoms with Gasteiger partial charge in [-0.25, -0.2) is 0 Å². The molecule has 3 nitrogen and oxygen atoms in total. The van der Waals surface area contributed by atoms with Crippen LogP contribution in [-0.4, -0.2) is 30.6 Å². The third kappa shape index (κ3) is 4.35. The maximum Gasteiger partial charge on any atom is 0.124 e. The van der Waals surface area contributed by atoms with Gasteiger partial charge in [-0.05, 0) is 50.8 Å². The molecule has 0 radical (unpaired) electrons. The molecule has 0 aliphatic heterocycles. The lowest BCUT2D eigenvalue weighted by Gasteiger charge is -2.36. The molecule has 0 bridgehead atoms. The minimum Gasteiger partial charge on any atom is -0.496 e. The Kier molecular flexibility index (Phi) is 6.34. The van der Waals surface area contributed by atoms with Gasteiger partial charge in [-0.15, -0.1) is 0 Å². The number of methoxy groups -OCH3 is 1. The number of nitrogens with zero attached hydrogens (tertiary/aromatic N) is 1. The van der Waals surface area contributed by atoms with Crippen molar-refractivity contribution in [2.24, 2.45) is 5.73 Å². The van der Waals surface area contributed by atoms with E-state index in [4.69, 9.17) is 22.1 Å². The fraction of sp³-hybridized carbons (Fsp3) is 0.647. The molecular formula is C17H27ClN2O. The van der Waals surface area contributed by atoms with E-state index in [1.807, 2.05) is 18.2 Å². The highest BCUT2D eigenvalue weighted by molar-refractivity contribution is 6.31. The lowest BCUT2D eigenvalue weighted by molar-refractivity contribution is 0.141. The van der Waals surface area contributed by atoms with Crippen LogP contribution in [0.15, 0.2) is 18.2 Å². The molecule has 2 N–H and O–H groups in total.